The first kappa shape index (κ1) is 14.3. The maximum absolute atomic E-state index is 6.11. The molecule has 2 N–H and O–H groups in total. The molecule has 1 unspecified atom stereocenters. The molecular weight excluding hydrogens is 260 g/mol. The van der Waals surface area contributed by atoms with Crippen LogP contribution >= 0.6 is 0 Å². The lowest BCUT2D eigenvalue weighted by Crippen LogP contribution is -2.38. The third-order valence-corrected chi connectivity index (χ3v) is 4.46. The summed E-state index contributed by atoms with van der Waals surface area (Å²) in [4.78, 5) is 2.50. The fourth-order valence-corrected chi connectivity index (χ4v) is 3.36. The van der Waals surface area contributed by atoms with Gasteiger partial charge >= 0.3 is 0 Å². The van der Waals surface area contributed by atoms with E-state index in [0.29, 0.717) is 6.54 Å². The summed E-state index contributed by atoms with van der Waals surface area (Å²) >= 11 is 0. The first-order chi connectivity index (χ1) is 10.2. The molecule has 3 rings (SSSR count). The number of rotatable bonds is 4. The number of hydrogen-bond acceptors (Lipinski definition) is 3. The lowest BCUT2D eigenvalue weighted by atomic mass is 9.96. The van der Waals surface area contributed by atoms with Crippen LogP contribution in [0.5, 0.6) is 0 Å². The first-order valence-corrected chi connectivity index (χ1v) is 7.76. The molecule has 1 atom stereocenters. The van der Waals surface area contributed by atoms with E-state index < -0.39 is 0 Å². The quantitative estimate of drug-likeness (QED) is 0.934. The standard InChI is InChI=1S/C17H24N4/c1-3-16-15(12-20(2)19-16)17(10-18)21-9-8-13-6-4-5-7-14(13)11-21/h4-7,12,17H,3,8-11,18H2,1-2H3. The van der Waals surface area contributed by atoms with Crippen molar-refractivity contribution in [1.29, 1.82) is 0 Å². The number of aryl methyl sites for hydroxylation is 2. The van der Waals surface area contributed by atoms with E-state index in [1.165, 1.54) is 22.4 Å². The number of hydrogen-bond donors (Lipinski definition) is 1. The van der Waals surface area contributed by atoms with Crippen LogP contribution in [0, 0.1) is 0 Å². The molecule has 0 aliphatic carbocycles. The second kappa shape index (κ2) is 6.00. The van der Waals surface area contributed by atoms with E-state index in [0.717, 1.165) is 25.9 Å². The number of nitrogens with zero attached hydrogens (tertiary/aromatic N) is 3. The van der Waals surface area contributed by atoms with Gasteiger partial charge in [-0.25, -0.2) is 0 Å². The van der Waals surface area contributed by atoms with Crippen molar-refractivity contribution in [1.82, 2.24) is 14.7 Å². The van der Waals surface area contributed by atoms with E-state index in [-0.39, 0.29) is 6.04 Å². The minimum Gasteiger partial charge on any atom is -0.329 e. The summed E-state index contributed by atoms with van der Waals surface area (Å²) in [5, 5.41) is 4.57. The molecule has 0 bridgehead atoms. The van der Waals surface area contributed by atoms with Gasteiger partial charge in [-0.05, 0) is 24.0 Å². The molecule has 0 saturated heterocycles. The van der Waals surface area contributed by atoms with Crippen molar-refractivity contribution in [3.63, 3.8) is 0 Å². The Morgan fingerprint density at radius 2 is 2.05 bits per heavy atom. The summed E-state index contributed by atoms with van der Waals surface area (Å²) in [5.41, 5.74) is 11.5. The van der Waals surface area contributed by atoms with E-state index in [4.69, 9.17) is 5.73 Å². The molecule has 4 heteroatoms. The third-order valence-electron chi connectivity index (χ3n) is 4.46. The minimum atomic E-state index is 0.266. The van der Waals surface area contributed by atoms with Crippen LogP contribution in [0.1, 0.15) is 35.3 Å². The van der Waals surface area contributed by atoms with E-state index in [1.54, 1.807) is 0 Å². The lowest BCUT2D eigenvalue weighted by molar-refractivity contribution is 0.183. The molecule has 1 aromatic carbocycles. The van der Waals surface area contributed by atoms with Gasteiger partial charge in [-0.2, -0.15) is 5.10 Å². The smallest absolute Gasteiger partial charge is 0.0670 e. The molecule has 0 amide bonds. The molecular formula is C17H24N4. The molecule has 0 fully saturated rings. The van der Waals surface area contributed by atoms with Crippen LogP contribution in [0.3, 0.4) is 0 Å². The Labute approximate surface area is 126 Å². The van der Waals surface area contributed by atoms with Crippen molar-refractivity contribution in [3.05, 3.63) is 52.8 Å². The zero-order valence-electron chi connectivity index (χ0n) is 12.9. The topological polar surface area (TPSA) is 47.1 Å². The van der Waals surface area contributed by atoms with Crippen molar-refractivity contribution >= 4 is 0 Å². The number of nitrogens with two attached hydrogens (primary N) is 1. The summed E-state index contributed by atoms with van der Waals surface area (Å²) in [6.45, 7) is 4.85. The first-order valence-electron chi connectivity index (χ1n) is 7.76. The Bertz CT molecular complexity index is 617. The van der Waals surface area contributed by atoms with Crippen LogP contribution in [0.2, 0.25) is 0 Å². The van der Waals surface area contributed by atoms with Crippen molar-refractivity contribution in [2.24, 2.45) is 12.8 Å². The molecule has 0 saturated carbocycles. The molecule has 112 valence electrons. The van der Waals surface area contributed by atoms with Crippen LogP contribution in [0.15, 0.2) is 30.5 Å². The Balaban J connectivity index is 1.88. The highest BCUT2D eigenvalue weighted by Gasteiger charge is 2.26. The molecule has 1 aliphatic heterocycles. The SMILES string of the molecule is CCc1nn(C)cc1C(CN)N1CCc2ccccc2C1. The van der Waals surface area contributed by atoms with Gasteiger partial charge in [-0.3, -0.25) is 9.58 Å². The fourth-order valence-electron chi connectivity index (χ4n) is 3.36. The second-order valence-corrected chi connectivity index (χ2v) is 5.80. The number of benzene rings is 1. The fraction of sp³-hybridized carbons (Fsp3) is 0.471. The van der Waals surface area contributed by atoms with Gasteiger partial charge in [-0.1, -0.05) is 31.2 Å². The van der Waals surface area contributed by atoms with Crippen LogP contribution < -0.4 is 5.73 Å². The van der Waals surface area contributed by atoms with Gasteiger partial charge in [0.25, 0.3) is 0 Å². The molecule has 4 nitrogen and oxygen atoms in total. The van der Waals surface area contributed by atoms with Gasteiger partial charge in [0.1, 0.15) is 0 Å². The molecule has 2 heterocycles. The van der Waals surface area contributed by atoms with Crippen LogP contribution in [0.4, 0.5) is 0 Å². The predicted molar refractivity (Wildman–Crippen MR) is 84.9 cm³/mol. The average Bonchev–Trinajstić information content (AvgIpc) is 2.89. The lowest BCUT2D eigenvalue weighted by Gasteiger charge is -2.35. The van der Waals surface area contributed by atoms with Gasteiger partial charge in [0.15, 0.2) is 0 Å². The van der Waals surface area contributed by atoms with Gasteiger partial charge in [-0.15, -0.1) is 0 Å². The summed E-state index contributed by atoms with van der Waals surface area (Å²) in [6.07, 6.45) is 4.20. The van der Waals surface area contributed by atoms with E-state index in [1.807, 2.05) is 11.7 Å². The summed E-state index contributed by atoms with van der Waals surface area (Å²) < 4.78 is 1.91. The minimum absolute atomic E-state index is 0.266. The average molecular weight is 284 g/mol. The maximum atomic E-state index is 6.11. The zero-order valence-corrected chi connectivity index (χ0v) is 12.9. The number of aromatic nitrogens is 2. The monoisotopic (exact) mass is 284 g/mol. The number of fused-ring (bicyclic) bond motifs is 1. The maximum Gasteiger partial charge on any atom is 0.0670 e. The summed E-state index contributed by atoms with van der Waals surface area (Å²) in [6, 6.07) is 9.00. The highest BCUT2D eigenvalue weighted by atomic mass is 15.3. The van der Waals surface area contributed by atoms with Gasteiger partial charge in [0.05, 0.1) is 11.7 Å². The molecule has 0 spiro atoms. The highest BCUT2D eigenvalue weighted by molar-refractivity contribution is 5.30. The zero-order chi connectivity index (χ0) is 14.8. The Kier molecular flexibility index (Phi) is 4.08. The predicted octanol–water partition coefficient (Wildman–Crippen LogP) is 2.04. The van der Waals surface area contributed by atoms with Gasteiger partial charge in [0.2, 0.25) is 0 Å². The Morgan fingerprint density at radius 3 is 2.76 bits per heavy atom. The molecule has 2 aromatic rings. The van der Waals surface area contributed by atoms with Crippen LogP contribution in [-0.4, -0.2) is 27.8 Å². The second-order valence-electron chi connectivity index (χ2n) is 5.80. The van der Waals surface area contributed by atoms with Crippen molar-refractivity contribution in [3.8, 4) is 0 Å². The molecule has 21 heavy (non-hydrogen) atoms. The Morgan fingerprint density at radius 1 is 1.29 bits per heavy atom. The van der Waals surface area contributed by atoms with E-state index in [2.05, 4.69) is 47.4 Å². The third kappa shape index (κ3) is 2.74. The molecule has 0 radical (unpaired) electrons. The molecule has 1 aliphatic rings. The normalized spacial score (nSPS) is 16.7. The van der Waals surface area contributed by atoms with E-state index in [9.17, 15) is 0 Å². The van der Waals surface area contributed by atoms with E-state index >= 15 is 0 Å². The van der Waals surface area contributed by atoms with Gasteiger partial charge < -0.3 is 5.73 Å². The highest BCUT2D eigenvalue weighted by Crippen LogP contribution is 2.28. The van der Waals surface area contributed by atoms with Crippen molar-refractivity contribution in [2.75, 3.05) is 13.1 Å². The van der Waals surface area contributed by atoms with Crippen molar-refractivity contribution in [2.45, 2.75) is 32.4 Å². The van der Waals surface area contributed by atoms with Crippen molar-refractivity contribution < 1.29 is 0 Å². The van der Waals surface area contributed by atoms with Crippen LogP contribution in [-0.2, 0) is 26.4 Å². The largest absolute Gasteiger partial charge is 0.329 e. The summed E-state index contributed by atoms with van der Waals surface area (Å²) in [7, 11) is 1.99. The van der Waals surface area contributed by atoms with Gasteiger partial charge in [0, 0.05) is 38.4 Å². The molecule has 1 aromatic heterocycles. The van der Waals surface area contributed by atoms with Crippen LogP contribution in [0.25, 0.3) is 0 Å². The Hall–Kier alpha value is -1.65. The summed E-state index contributed by atoms with van der Waals surface area (Å²) in [5.74, 6) is 0.